The Hall–Kier alpha value is -2.05. The summed E-state index contributed by atoms with van der Waals surface area (Å²) >= 11 is 0. The molecule has 7 nitrogen and oxygen atoms in total. The number of hydrogen-bond acceptors (Lipinski definition) is 3. The van der Waals surface area contributed by atoms with Gasteiger partial charge >= 0.3 is 12.0 Å². The number of urea groups is 1. The molecule has 0 saturated carbocycles. The predicted molar refractivity (Wildman–Crippen MR) is 55.9 cm³/mol. The van der Waals surface area contributed by atoms with E-state index in [1.54, 1.807) is 10.9 Å². The van der Waals surface area contributed by atoms with Gasteiger partial charge in [-0.2, -0.15) is 5.10 Å². The van der Waals surface area contributed by atoms with Gasteiger partial charge in [0.25, 0.3) is 0 Å². The van der Waals surface area contributed by atoms with E-state index in [9.17, 15) is 9.59 Å². The predicted octanol–water partition coefficient (Wildman–Crippen LogP) is -0.654. The molecule has 0 aromatic carbocycles. The number of carbonyl (C=O) groups excluding carboxylic acids is 1. The van der Waals surface area contributed by atoms with E-state index in [1.165, 1.54) is 0 Å². The molecular formula is C9H14N4O3. The standard InChI is InChI=1S/C9H14N4O3/c1-13-6-7(4-12-13)2-3-10-9(16)11-5-8(14)15/h4,6H,2-3,5H2,1H3,(H,14,15)(H2,10,11,16). The van der Waals surface area contributed by atoms with Crippen LogP contribution in [0.25, 0.3) is 0 Å². The van der Waals surface area contributed by atoms with Crippen molar-refractivity contribution in [2.24, 2.45) is 7.05 Å². The number of aryl methyl sites for hydroxylation is 1. The van der Waals surface area contributed by atoms with Crippen molar-refractivity contribution >= 4 is 12.0 Å². The van der Waals surface area contributed by atoms with Crippen molar-refractivity contribution < 1.29 is 14.7 Å². The van der Waals surface area contributed by atoms with Crippen molar-refractivity contribution in [3.05, 3.63) is 18.0 Å². The van der Waals surface area contributed by atoms with Gasteiger partial charge in [-0.25, -0.2) is 4.79 Å². The number of carboxylic acid groups (broad SMARTS) is 1. The number of carboxylic acids is 1. The molecule has 88 valence electrons. The van der Waals surface area contributed by atoms with Gasteiger partial charge in [0, 0.05) is 19.8 Å². The van der Waals surface area contributed by atoms with Gasteiger partial charge in [-0.05, 0) is 12.0 Å². The zero-order valence-corrected chi connectivity index (χ0v) is 8.93. The highest BCUT2D eigenvalue weighted by atomic mass is 16.4. The van der Waals surface area contributed by atoms with Crippen molar-refractivity contribution in [2.45, 2.75) is 6.42 Å². The van der Waals surface area contributed by atoms with Gasteiger partial charge in [0.2, 0.25) is 0 Å². The average Bonchev–Trinajstić information content (AvgIpc) is 2.61. The zero-order chi connectivity index (χ0) is 12.0. The number of hydrogen-bond donors (Lipinski definition) is 3. The van der Waals surface area contributed by atoms with Crippen molar-refractivity contribution in [2.75, 3.05) is 13.1 Å². The molecule has 1 aromatic heterocycles. The van der Waals surface area contributed by atoms with Gasteiger partial charge in [-0.1, -0.05) is 0 Å². The van der Waals surface area contributed by atoms with Crippen molar-refractivity contribution in [1.29, 1.82) is 0 Å². The van der Waals surface area contributed by atoms with E-state index >= 15 is 0 Å². The summed E-state index contributed by atoms with van der Waals surface area (Å²) < 4.78 is 1.68. The highest BCUT2D eigenvalue weighted by Gasteiger charge is 2.02. The molecule has 0 spiro atoms. The smallest absolute Gasteiger partial charge is 0.323 e. The normalized spacial score (nSPS) is 9.81. The van der Waals surface area contributed by atoms with Crippen molar-refractivity contribution in [3.63, 3.8) is 0 Å². The Morgan fingerprint density at radius 2 is 2.25 bits per heavy atom. The number of nitrogens with zero attached hydrogens (tertiary/aromatic N) is 2. The molecule has 0 aliphatic rings. The van der Waals surface area contributed by atoms with Gasteiger partial charge in [0.15, 0.2) is 0 Å². The van der Waals surface area contributed by atoms with Crippen LogP contribution in [0.1, 0.15) is 5.56 Å². The largest absolute Gasteiger partial charge is 0.480 e. The van der Waals surface area contributed by atoms with Gasteiger partial charge < -0.3 is 15.7 Å². The molecule has 2 amide bonds. The number of carbonyl (C=O) groups is 2. The fourth-order valence-electron chi connectivity index (χ4n) is 1.14. The van der Waals surface area contributed by atoms with E-state index in [-0.39, 0.29) is 6.54 Å². The van der Waals surface area contributed by atoms with E-state index in [1.807, 2.05) is 13.2 Å². The molecule has 0 atom stereocenters. The first-order chi connectivity index (χ1) is 7.58. The Labute approximate surface area is 92.4 Å². The lowest BCUT2D eigenvalue weighted by molar-refractivity contribution is -0.135. The van der Waals surface area contributed by atoms with E-state index in [2.05, 4.69) is 15.7 Å². The lowest BCUT2D eigenvalue weighted by Gasteiger charge is -2.04. The summed E-state index contributed by atoms with van der Waals surface area (Å²) in [6.07, 6.45) is 4.24. The lowest BCUT2D eigenvalue weighted by Crippen LogP contribution is -2.39. The van der Waals surface area contributed by atoms with Crippen LogP contribution < -0.4 is 10.6 Å². The van der Waals surface area contributed by atoms with E-state index < -0.39 is 12.0 Å². The Bertz CT molecular complexity index is 375. The second-order valence-corrected chi connectivity index (χ2v) is 3.28. The molecule has 0 aliphatic heterocycles. The highest BCUT2D eigenvalue weighted by Crippen LogP contribution is 1.95. The molecule has 0 unspecified atom stereocenters. The van der Waals surface area contributed by atoms with Crippen molar-refractivity contribution in [3.8, 4) is 0 Å². The summed E-state index contributed by atoms with van der Waals surface area (Å²) in [5.74, 6) is -1.07. The fraction of sp³-hybridized carbons (Fsp3) is 0.444. The molecule has 0 fully saturated rings. The maximum Gasteiger partial charge on any atom is 0.323 e. The highest BCUT2D eigenvalue weighted by molar-refractivity contribution is 5.79. The minimum atomic E-state index is -1.07. The monoisotopic (exact) mass is 226 g/mol. The topological polar surface area (TPSA) is 96.2 Å². The fourth-order valence-corrected chi connectivity index (χ4v) is 1.14. The molecule has 1 aromatic rings. The number of amides is 2. The number of nitrogens with one attached hydrogen (secondary N) is 2. The Kier molecular flexibility index (Phi) is 4.31. The maximum absolute atomic E-state index is 11.0. The van der Waals surface area contributed by atoms with Gasteiger partial charge in [0.05, 0.1) is 6.20 Å². The molecule has 0 aliphatic carbocycles. The van der Waals surface area contributed by atoms with E-state index in [4.69, 9.17) is 5.11 Å². The Morgan fingerprint density at radius 1 is 1.50 bits per heavy atom. The Balaban J connectivity index is 2.15. The van der Waals surface area contributed by atoms with Crippen LogP contribution in [0.15, 0.2) is 12.4 Å². The Morgan fingerprint density at radius 3 is 2.81 bits per heavy atom. The molecule has 1 heterocycles. The third-order valence-corrected chi connectivity index (χ3v) is 1.86. The quantitative estimate of drug-likeness (QED) is 0.621. The minimum Gasteiger partial charge on any atom is -0.480 e. The van der Waals surface area contributed by atoms with Crippen LogP contribution >= 0.6 is 0 Å². The number of aromatic nitrogens is 2. The maximum atomic E-state index is 11.0. The number of rotatable bonds is 5. The first-order valence-corrected chi connectivity index (χ1v) is 4.79. The number of aliphatic carboxylic acids is 1. The molecule has 0 bridgehead atoms. The molecular weight excluding hydrogens is 212 g/mol. The summed E-state index contributed by atoms with van der Waals surface area (Å²) in [6.45, 7) is 0.0653. The van der Waals surface area contributed by atoms with Gasteiger partial charge in [-0.3, -0.25) is 9.48 Å². The third-order valence-electron chi connectivity index (χ3n) is 1.86. The van der Waals surface area contributed by atoms with Gasteiger partial charge in [-0.15, -0.1) is 0 Å². The molecule has 7 heteroatoms. The average molecular weight is 226 g/mol. The molecule has 0 radical (unpaired) electrons. The van der Waals surface area contributed by atoms with Crippen LogP contribution in [0, 0.1) is 0 Å². The summed E-state index contributed by atoms with van der Waals surface area (Å²) in [5.41, 5.74) is 1.01. The summed E-state index contributed by atoms with van der Waals surface area (Å²) in [4.78, 5) is 21.2. The summed E-state index contributed by atoms with van der Waals surface area (Å²) in [5, 5.41) is 17.0. The van der Waals surface area contributed by atoms with Crippen LogP contribution in [0.4, 0.5) is 4.79 Å². The second-order valence-electron chi connectivity index (χ2n) is 3.28. The first kappa shape index (κ1) is 12.0. The van der Waals surface area contributed by atoms with E-state index in [0.717, 1.165) is 5.56 Å². The zero-order valence-electron chi connectivity index (χ0n) is 8.93. The lowest BCUT2D eigenvalue weighted by atomic mass is 10.2. The summed E-state index contributed by atoms with van der Waals surface area (Å²) in [6, 6.07) is -0.480. The minimum absolute atomic E-state index is 0.376. The van der Waals surface area contributed by atoms with Crippen molar-refractivity contribution in [1.82, 2.24) is 20.4 Å². The molecule has 0 saturated heterocycles. The van der Waals surface area contributed by atoms with Crippen LogP contribution in [0.5, 0.6) is 0 Å². The second kappa shape index (κ2) is 5.74. The van der Waals surface area contributed by atoms with E-state index in [0.29, 0.717) is 13.0 Å². The van der Waals surface area contributed by atoms with Crippen LogP contribution in [-0.4, -0.2) is 40.0 Å². The SMILES string of the molecule is Cn1cc(CCNC(=O)NCC(=O)O)cn1. The molecule has 16 heavy (non-hydrogen) atoms. The third kappa shape index (κ3) is 4.45. The van der Waals surface area contributed by atoms with Crippen LogP contribution in [-0.2, 0) is 18.3 Å². The van der Waals surface area contributed by atoms with Crippen LogP contribution in [0.2, 0.25) is 0 Å². The molecule has 3 N–H and O–H groups in total. The summed E-state index contributed by atoms with van der Waals surface area (Å²) in [7, 11) is 1.82. The van der Waals surface area contributed by atoms with Gasteiger partial charge in [0.1, 0.15) is 6.54 Å². The molecule has 1 rings (SSSR count). The first-order valence-electron chi connectivity index (χ1n) is 4.79. The van der Waals surface area contributed by atoms with Crippen LogP contribution in [0.3, 0.4) is 0 Å².